The summed E-state index contributed by atoms with van der Waals surface area (Å²) < 4.78 is 0. The van der Waals surface area contributed by atoms with Crippen LogP contribution in [0.2, 0.25) is 0 Å². The second-order valence-electron chi connectivity index (χ2n) is 7.09. The molecule has 1 amide bonds. The number of hydrogen-bond donors (Lipinski definition) is 3. The third kappa shape index (κ3) is 4.83. The van der Waals surface area contributed by atoms with Crippen LogP contribution in [0.4, 0.5) is 0 Å². The zero-order valence-electron chi connectivity index (χ0n) is 14.3. The summed E-state index contributed by atoms with van der Waals surface area (Å²) in [6.45, 7) is 0.269. The smallest absolute Gasteiger partial charge is 0.251 e. The fourth-order valence-corrected chi connectivity index (χ4v) is 3.50. The molecule has 0 aromatic heterocycles. The zero-order chi connectivity index (χ0) is 17.7. The van der Waals surface area contributed by atoms with Gasteiger partial charge in [0.2, 0.25) is 0 Å². The van der Waals surface area contributed by atoms with Crippen LogP contribution in [0, 0.1) is 5.92 Å². The Balaban J connectivity index is 1.47. The van der Waals surface area contributed by atoms with Crippen LogP contribution < -0.4 is 5.32 Å². The lowest BCUT2D eigenvalue weighted by molar-refractivity contribution is -0.00742. The van der Waals surface area contributed by atoms with E-state index in [2.05, 4.69) is 29.6 Å². The maximum Gasteiger partial charge on any atom is 0.251 e. The van der Waals surface area contributed by atoms with Crippen molar-refractivity contribution in [1.82, 2.24) is 5.32 Å². The van der Waals surface area contributed by atoms with Crippen LogP contribution in [0.3, 0.4) is 0 Å². The predicted molar refractivity (Wildman–Crippen MR) is 97.5 cm³/mol. The Morgan fingerprint density at radius 2 is 1.68 bits per heavy atom. The van der Waals surface area contributed by atoms with Gasteiger partial charge in [0.15, 0.2) is 0 Å². The number of aliphatic hydroxyl groups is 1. The number of amides is 1. The van der Waals surface area contributed by atoms with Crippen molar-refractivity contribution in [1.29, 1.82) is 0 Å². The van der Waals surface area contributed by atoms with Gasteiger partial charge in [0.1, 0.15) is 5.75 Å². The van der Waals surface area contributed by atoms with Crippen LogP contribution in [0.25, 0.3) is 0 Å². The number of nitrogens with one attached hydrogen (secondary N) is 1. The van der Waals surface area contributed by atoms with E-state index in [4.69, 9.17) is 0 Å². The summed E-state index contributed by atoms with van der Waals surface area (Å²) in [6, 6.07) is 16.6. The van der Waals surface area contributed by atoms with Crippen molar-refractivity contribution in [3.05, 3.63) is 65.7 Å². The molecule has 0 bridgehead atoms. The zero-order valence-corrected chi connectivity index (χ0v) is 14.3. The summed E-state index contributed by atoms with van der Waals surface area (Å²) in [5, 5.41) is 22.8. The topological polar surface area (TPSA) is 69.6 Å². The fourth-order valence-electron chi connectivity index (χ4n) is 3.50. The van der Waals surface area contributed by atoms with Crippen LogP contribution in [0.15, 0.2) is 54.6 Å². The van der Waals surface area contributed by atoms with Crippen molar-refractivity contribution in [3.63, 3.8) is 0 Å². The molecule has 4 nitrogen and oxygen atoms in total. The molecule has 0 unspecified atom stereocenters. The summed E-state index contributed by atoms with van der Waals surface area (Å²) in [5.74, 6) is 0.502. The van der Waals surface area contributed by atoms with Crippen LogP contribution in [-0.4, -0.2) is 28.3 Å². The maximum absolute atomic E-state index is 12.1. The van der Waals surface area contributed by atoms with Crippen molar-refractivity contribution >= 4 is 5.91 Å². The molecular formula is C21H25NO3. The van der Waals surface area contributed by atoms with Gasteiger partial charge < -0.3 is 15.5 Å². The van der Waals surface area contributed by atoms with Crippen molar-refractivity contribution in [3.8, 4) is 5.75 Å². The maximum atomic E-state index is 12.1. The first kappa shape index (κ1) is 17.5. The minimum atomic E-state index is -0.820. The lowest BCUT2D eigenvalue weighted by atomic mass is 9.76. The van der Waals surface area contributed by atoms with Gasteiger partial charge in [-0.3, -0.25) is 4.79 Å². The minimum absolute atomic E-state index is 0.131. The molecule has 1 saturated carbocycles. The van der Waals surface area contributed by atoms with E-state index < -0.39 is 5.60 Å². The summed E-state index contributed by atoms with van der Waals surface area (Å²) in [6.07, 6.45) is 4.42. The van der Waals surface area contributed by atoms with E-state index in [-0.39, 0.29) is 18.2 Å². The van der Waals surface area contributed by atoms with Crippen molar-refractivity contribution in [2.24, 2.45) is 5.92 Å². The molecule has 2 aromatic carbocycles. The van der Waals surface area contributed by atoms with Crippen LogP contribution in [0.5, 0.6) is 5.75 Å². The van der Waals surface area contributed by atoms with Crippen LogP contribution >= 0.6 is 0 Å². The molecule has 1 aliphatic carbocycles. The third-order valence-electron chi connectivity index (χ3n) is 5.11. The number of rotatable bonds is 5. The molecule has 3 N–H and O–H groups in total. The van der Waals surface area contributed by atoms with E-state index in [1.54, 1.807) is 12.1 Å². The van der Waals surface area contributed by atoms with Gasteiger partial charge in [-0.1, -0.05) is 30.3 Å². The third-order valence-corrected chi connectivity index (χ3v) is 5.11. The molecule has 3 rings (SSSR count). The highest BCUT2D eigenvalue weighted by Crippen LogP contribution is 2.33. The standard InChI is InChI=1S/C21H25NO3/c23-19-8-6-18(7-9-19)20(24)22-15-21(25)12-10-17(11-13-21)14-16-4-2-1-3-5-16/h1-9,17,23,25H,10-15H2,(H,22,24)/t17-,21+. The van der Waals surface area contributed by atoms with Crippen molar-refractivity contribution in [2.75, 3.05) is 6.54 Å². The molecule has 0 spiro atoms. The predicted octanol–water partition coefficient (Wildman–Crippen LogP) is 3.29. The first-order chi connectivity index (χ1) is 12.0. The van der Waals surface area contributed by atoms with E-state index in [1.807, 2.05) is 6.07 Å². The number of aromatic hydroxyl groups is 1. The largest absolute Gasteiger partial charge is 0.508 e. The van der Waals surface area contributed by atoms with Gasteiger partial charge in [-0.2, -0.15) is 0 Å². The molecular weight excluding hydrogens is 314 g/mol. The van der Waals surface area contributed by atoms with Crippen LogP contribution in [0.1, 0.15) is 41.6 Å². The average Bonchev–Trinajstić information content (AvgIpc) is 2.63. The number of hydrogen-bond acceptors (Lipinski definition) is 3. The Morgan fingerprint density at radius 3 is 2.32 bits per heavy atom. The number of carbonyl (C=O) groups excluding carboxylic acids is 1. The van der Waals surface area contributed by atoms with Gasteiger partial charge in [0.25, 0.3) is 5.91 Å². The molecule has 2 aromatic rings. The van der Waals surface area contributed by atoms with E-state index in [0.29, 0.717) is 24.3 Å². The quantitative estimate of drug-likeness (QED) is 0.783. The molecule has 1 aliphatic rings. The second-order valence-corrected chi connectivity index (χ2v) is 7.09. The molecule has 132 valence electrons. The van der Waals surface area contributed by atoms with Crippen molar-refractivity contribution in [2.45, 2.75) is 37.7 Å². The molecule has 0 aliphatic heterocycles. The fraction of sp³-hybridized carbons (Fsp3) is 0.381. The SMILES string of the molecule is O=C(NC[C@]1(O)CC[C@@H](Cc2ccccc2)CC1)c1ccc(O)cc1. The first-order valence-corrected chi connectivity index (χ1v) is 8.88. The molecule has 1 fully saturated rings. The highest BCUT2D eigenvalue weighted by molar-refractivity contribution is 5.94. The summed E-state index contributed by atoms with van der Waals surface area (Å²) in [7, 11) is 0. The Hall–Kier alpha value is -2.33. The number of benzene rings is 2. The molecule has 0 saturated heterocycles. The van der Waals surface area contributed by atoms with E-state index in [1.165, 1.54) is 17.7 Å². The van der Waals surface area contributed by atoms with Crippen molar-refractivity contribution < 1.29 is 15.0 Å². The molecule has 0 heterocycles. The molecule has 0 radical (unpaired) electrons. The van der Waals surface area contributed by atoms with Gasteiger partial charge in [0, 0.05) is 12.1 Å². The normalized spacial score (nSPS) is 23.2. The summed E-state index contributed by atoms with van der Waals surface area (Å²) in [5.41, 5.74) is 1.01. The lowest BCUT2D eigenvalue weighted by Crippen LogP contribution is -2.45. The molecule has 4 heteroatoms. The Labute approximate surface area is 148 Å². The Kier molecular flexibility index (Phi) is 5.39. The van der Waals surface area contributed by atoms with Gasteiger partial charge in [-0.25, -0.2) is 0 Å². The Morgan fingerprint density at radius 1 is 1.04 bits per heavy atom. The summed E-state index contributed by atoms with van der Waals surface area (Å²) >= 11 is 0. The van der Waals surface area contributed by atoms with Gasteiger partial charge in [-0.05, 0) is 67.9 Å². The van der Waals surface area contributed by atoms with E-state index in [9.17, 15) is 15.0 Å². The lowest BCUT2D eigenvalue weighted by Gasteiger charge is -2.36. The highest BCUT2D eigenvalue weighted by Gasteiger charge is 2.33. The highest BCUT2D eigenvalue weighted by atomic mass is 16.3. The average molecular weight is 339 g/mol. The van der Waals surface area contributed by atoms with Gasteiger partial charge in [0.05, 0.1) is 5.60 Å². The number of carbonyl (C=O) groups is 1. The molecule has 25 heavy (non-hydrogen) atoms. The monoisotopic (exact) mass is 339 g/mol. The van der Waals surface area contributed by atoms with Gasteiger partial charge >= 0.3 is 0 Å². The number of phenolic OH excluding ortho intramolecular Hbond substituents is 1. The minimum Gasteiger partial charge on any atom is -0.508 e. The number of phenols is 1. The Bertz CT molecular complexity index is 689. The second kappa shape index (κ2) is 7.70. The van der Waals surface area contributed by atoms with E-state index in [0.717, 1.165) is 19.3 Å². The van der Waals surface area contributed by atoms with Gasteiger partial charge in [-0.15, -0.1) is 0 Å². The van der Waals surface area contributed by atoms with Crippen LogP contribution in [-0.2, 0) is 6.42 Å². The van der Waals surface area contributed by atoms with E-state index >= 15 is 0 Å². The first-order valence-electron chi connectivity index (χ1n) is 8.88. The molecule has 0 atom stereocenters. The summed E-state index contributed by atoms with van der Waals surface area (Å²) in [4.78, 5) is 12.1.